The van der Waals surface area contributed by atoms with Gasteiger partial charge in [-0.05, 0) is 40.5 Å². The minimum atomic E-state index is -0.0554. The number of carbonyl (C=O) groups excluding carboxylic acids is 1. The van der Waals surface area contributed by atoms with Crippen molar-refractivity contribution < 1.29 is 9.53 Å². The molecule has 0 aromatic carbocycles. The number of hydrogen-bond donors (Lipinski definition) is 2. The predicted octanol–water partition coefficient (Wildman–Crippen LogP) is 1.58. The van der Waals surface area contributed by atoms with Gasteiger partial charge in [0.2, 0.25) is 0 Å². The van der Waals surface area contributed by atoms with Gasteiger partial charge in [0.1, 0.15) is 0 Å². The number of ether oxygens (including phenoxy) is 1. The van der Waals surface area contributed by atoms with Crippen LogP contribution in [-0.4, -0.2) is 55.4 Å². The zero-order chi connectivity index (χ0) is 14.3. The highest BCUT2D eigenvalue weighted by Crippen LogP contribution is 2.11. The Balaban J connectivity index is 2.05. The normalized spacial score (nSPS) is 20.2. The molecule has 19 heavy (non-hydrogen) atoms. The molecule has 112 valence electrons. The van der Waals surface area contributed by atoms with Gasteiger partial charge in [0, 0.05) is 38.3 Å². The first kappa shape index (κ1) is 16.2. The number of nitrogens with one attached hydrogen (secondary N) is 2. The third kappa shape index (κ3) is 6.78. The molecule has 0 bridgehead atoms. The van der Waals surface area contributed by atoms with Gasteiger partial charge < -0.3 is 15.4 Å². The fourth-order valence-corrected chi connectivity index (χ4v) is 2.20. The highest BCUT2D eigenvalue weighted by Gasteiger charge is 2.24. The lowest BCUT2D eigenvalue weighted by Crippen LogP contribution is -2.44. The number of rotatable bonds is 7. The van der Waals surface area contributed by atoms with Crippen LogP contribution in [0.2, 0.25) is 0 Å². The molecule has 0 spiro atoms. The molecule has 2 amide bonds. The second kappa shape index (κ2) is 8.38. The summed E-state index contributed by atoms with van der Waals surface area (Å²) in [5.74, 6) is 0. The van der Waals surface area contributed by atoms with Crippen molar-refractivity contribution in [3.05, 3.63) is 0 Å². The molecule has 0 radical (unpaired) electrons. The van der Waals surface area contributed by atoms with Gasteiger partial charge in [-0.15, -0.1) is 0 Å². The molecule has 1 saturated heterocycles. The molecule has 5 nitrogen and oxygen atoms in total. The number of urea groups is 1. The van der Waals surface area contributed by atoms with Crippen molar-refractivity contribution in [1.82, 2.24) is 15.5 Å². The highest BCUT2D eigenvalue weighted by molar-refractivity contribution is 5.74. The van der Waals surface area contributed by atoms with Gasteiger partial charge in [0.25, 0.3) is 0 Å². The van der Waals surface area contributed by atoms with E-state index in [1.165, 1.54) is 0 Å². The van der Waals surface area contributed by atoms with Crippen molar-refractivity contribution in [3.8, 4) is 0 Å². The molecule has 1 unspecified atom stereocenters. The first-order valence-corrected chi connectivity index (χ1v) is 7.39. The molecule has 1 atom stereocenters. The number of amides is 2. The lowest BCUT2D eigenvalue weighted by Gasteiger charge is -2.20. The monoisotopic (exact) mass is 271 g/mol. The maximum absolute atomic E-state index is 11.7. The Morgan fingerprint density at radius 3 is 2.68 bits per heavy atom. The molecule has 1 heterocycles. The van der Waals surface area contributed by atoms with E-state index in [1.807, 2.05) is 13.8 Å². The van der Waals surface area contributed by atoms with E-state index in [2.05, 4.69) is 29.4 Å². The van der Waals surface area contributed by atoms with Crippen molar-refractivity contribution in [2.24, 2.45) is 0 Å². The largest absolute Gasteiger partial charge is 0.379 e. The van der Waals surface area contributed by atoms with E-state index in [4.69, 9.17) is 4.74 Å². The standard InChI is InChI=1S/C14H29N3O2/c1-11(2)17-8-6-13(10-17)16-14(18)15-7-5-9-19-12(3)4/h11-13H,5-10H2,1-4H3,(H2,15,16,18). The van der Waals surface area contributed by atoms with Gasteiger partial charge >= 0.3 is 6.03 Å². The first-order valence-electron chi connectivity index (χ1n) is 7.39. The Labute approximate surface area is 117 Å². The molecule has 2 N–H and O–H groups in total. The number of hydrogen-bond acceptors (Lipinski definition) is 3. The lowest BCUT2D eigenvalue weighted by molar-refractivity contribution is 0.0774. The number of carbonyl (C=O) groups is 1. The maximum atomic E-state index is 11.7. The number of likely N-dealkylation sites (tertiary alicyclic amines) is 1. The van der Waals surface area contributed by atoms with E-state index in [1.54, 1.807) is 0 Å². The summed E-state index contributed by atoms with van der Waals surface area (Å²) in [7, 11) is 0. The first-order chi connectivity index (χ1) is 8.99. The third-order valence-corrected chi connectivity index (χ3v) is 3.34. The molecule has 1 aliphatic heterocycles. The van der Waals surface area contributed by atoms with Gasteiger partial charge in [0.05, 0.1) is 6.10 Å². The van der Waals surface area contributed by atoms with Crippen LogP contribution in [-0.2, 0) is 4.74 Å². The van der Waals surface area contributed by atoms with E-state index >= 15 is 0 Å². The van der Waals surface area contributed by atoms with E-state index < -0.39 is 0 Å². The van der Waals surface area contributed by atoms with Crippen molar-refractivity contribution >= 4 is 6.03 Å². The van der Waals surface area contributed by atoms with Crippen LogP contribution in [0.25, 0.3) is 0 Å². The molecular weight excluding hydrogens is 242 g/mol. The van der Waals surface area contributed by atoms with Gasteiger partial charge in [0.15, 0.2) is 0 Å². The lowest BCUT2D eigenvalue weighted by atomic mass is 10.3. The molecule has 0 saturated carbocycles. The molecule has 5 heteroatoms. The van der Waals surface area contributed by atoms with Gasteiger partial charge in [-0.2, -0.15) is 0 Å². The van der Waals surface area contributed by atoms with E-state index in [-0.39, 0.29) is 18.2 Å². The van der Waals surface area contributed by atoms with Gasteiger partial charge in [-0.25, -0.2) is 4.79 Å². The van der Waals surface area contributed by atoms with Crippen molar-refractivity contribution in [2.75, 3.05) is 26.2 Å². The summed E-state index contributed by atoms with van der Waals surface area (Å²) >= 11 is 0. The van der Waals surface area contributed by atoms with Crippen LogP contribution in [0, 0.1) is 0 Å². The highest BCUT2D eigenvalue weighted by atomic mass is 16.5. The van der Waals surface area contributed by atoms with E-state index in [0.717, 1.165) is 25.9 Å². The Bertz CT molecular complexity index is 269. The quantitative estimate of drug-likeness (QED) is 0.691. The summed E-state index contributed by atoms with van der Waals surface area (Å²) in [6.07, 6.45) is 2.16. The zero-order valence-electron chi connectivity index (χ0n) is 12.7. The van der Waals surface area contributed by atoms with Gasteiger partial charge in [-0.3, -0.25) is 4.90 Å². The fourth-order valence-electron chi connectivity index (χ4n) is 2.20. The van der Waals surface area contributed by atoms with E-state index in [9.17, 15) is 4.79 Å². The SMILES string of the molecule is CC(C)OCCCNC(=O)NC1CCN(C(C)C)C1. The zero-order valence-corrected chi connectivity index (χ0v) is 12.7. The van der Waals surface area contributed by atoms with Crippen LogP contribution >= 0.6 is 0 Å². The Hall–Kier alpha value is -0.810. The average Bonchev–Trinajstić information content (AvgIpc) is 2.76. The molecule has 1 aliphatic rings. The van der Waals surface area contributed by atoms with Crippen molar-refractivity contribution in [1.29, 1.82) is 0 Å². The van der Waals surface area contributed by atoms with Crippen LogP contribution in [0.15, 0.2) is 0 Å². The summed E-state index contributed by atoms with van der Waals surface area (Å²) < 4.78 is 5.42. The average molecular weight is 271 g/mol. The number of nitrogens with zero attached hydrogens (tertiary/aromatic N) is 1. The Morgan fingerprint density at radius 1 is 1.37 bits per heavy atom. The van der Waals surface area contributed by atoms with Crippen molar-refractivity contribution in [2.45, 2.75) is 58.7 Å². The molecular formula is C14H29N3O2. The van der Waals surface area contributed by atoms with Crippen molar-refractivity contribution in [3.63, 3.8) is 0 Å². The third-order valence-electron chi connectivity index (χ3n) is 3.34. The van der Waals surface area contributed by atoms with Crippen LogP contribution in [0.5, 0.6) is 0 Å². The molecule has 1 fully saturated rings. The summed E-state index contributed by atoms with van der Waals surface area (Å²) in [5.41, 5.74) is 0. The maximum Gasteiger partial charge on any atom is 0.315 e. The molecule has 0 aliphatic carbocycles. The second-order valence-electron chi connectivity index (χ2n) is 5.75. The smallest absolute Gasteiger partial charge is 0.315 e. The summed E-state index contributed by atoms with van der Waals surface area (Å²) in [5, 5.41) is 5.91. The second-order valence-corrected chi connectivity index (χ2v) is 5.75. The Kier molecular flexibility index (Phi) is 7.16. The van der Waals surface area contributed by atoms with Crippen LogP contribution in [0.1, 0.15) is 40.5 Å². The fraction of sp³-hybridized carbons (Fsp3) is 0.929. The van der Waals surface area contributed by atoms with Crippen LogP contribution < -0.4 is 10.6 Å². The molecule has 0 aromatic rings. The minimum Gasteiger partial charge on any atom is -0.379 e. The minimum absolute atomic E-state index is 0.0554. The molecule has 0 aromatic heterocycles. The van der Waals surface area contributed by atoms with Crippen LogP contribution in [0.3, 0.4) is 0 Å². The van der Waals surface area contributed by atoms with E-state index in [0.29, 0.717) is 19.2 Å². The summed E-state index contributed by atoms with van der Waals surface area (Å²) in [6.45, 7) is 11.8. The molecule has 1 rings (SSSR count). The van der Waals surface area contributed by atoms with Gasteiger partial charge in [-0.1, -0.05) is 0 Å². The summed E-state index contributed by atoms with van der Waals surface area (Å²) in [6, 6.07) is 0.789. The topological polar surface area (TPSA) is 53.6 Å². The van der Waals surface area contributed by atoms with Crippen LogP contribution in [0.4, 0.5) is 4.79 Å². The summed E-state index contributed by atoms with van der Waals surface area (Å²) in [4.78, 5) is 14.1. The Morgan fingerprint density at radius 2 is 2.11 bits per heavy atom. The predicted molar refractivity (Wildman–Crippen MR) is 77.4 cm³/mol.